The van der Waals surface area contributed by atoms with Gasteiger partial charge in [0.05, 0.1) is 12.2 Å². The molecule has 0 radical (unpaired) electrons. The summed E-state index contributed by atoms with van der Waals surface area (Å²) in [6.45, 7) is 6.88. The molecule has 4 aliphatic rings. The van der Waals surface area contributed by atoms with Gasteiger partial charge in [0, 0.05) is 18.3 Å². The van der Waals surface area contributed by atoms with Gasteiger partial charge in [0.2, 0.25) is 0 Å². The maximum atomic E-state index is 11.1. The van der Waals surface area contributed by atoms with Gasteiger partial charge in [-0.3, -0.25) is 4.79 Å². The third kappa shape index (κ3) is 4.27. The van der Waals surface area contributed by atoms with Crippen LogP contribution in [0.1, 0.15) is 78.6 Å². The lowest BCUT2D eigenvalue weighted by atomic mass is 9.61. The van der Waals surface area contributed by atoms with Crippen molar-refractivity contribution in [3.05, 3.63) is 0 Å². The topological polar surface area (TPSA) is 65.0 Å². The van der Waals surface area contributed by atoms with Crippen LogP contribution in [0.4, 0.5) is 0 Å². The molecule has 28 heavy (non-hydrogen) atoms. The number of hydrogen-bond donors (Lipinski definition) is 1. The molecule has 0 spiro atoms. The number of rotatable bonds is 4. The lowest BCUT2D eigenvalue weighted by molar-refractivity contribution is -0.343. The van der Waals surface area contributed by atoms with Crippen molar-refractivity contribution in [2.45, 2.75) is 103 Å². The molecule has 0 aromatic carbocycles. The Morgan fingerprint density at radius 3 is 2.57 bits per heavy atom. The van der Waals surface area contributed by atoms with Crippen molar-refractivity contribution in [1.82, 2.24) is 0 Å². The van der Waals surface area contributed by atoms with Crippen molar-refractivity contribution < 1.29 is 24.1 Å². The smallest absolute Gasteiger partial charge is 0.303 e. The first-order valence-electron chi connectivity index (χ1n) is 11.6. The minimum atomic E-state index is -0.695. The van der Waals surface area contributed by atoms with Gasteiger partial charge in [0.15, 0.2) is 12.6 Å². The van der Waals surface area contributed by atoms with E-state index in [1.165, 1.54) is 19.3 Å². The number of ether oxygens (including phenoxy) is 3. The standard InChI is InChI=1S/C23H38O5/c1-13-7-9-19-15(3)22(27-17-6-4-5-16(11-17)12-20(24)25)28-23-21(19)18(13)10-8-14(2)26-23/h13-19,21-23H,4-12H2,1-3H3,(H,24,25)/t13-,14?,15-,16-,17+,18+,19+,21?,22+,23+/m1/s1. The first kappa shape index (κ1) is 20.6. The van der Waals surface area contributed by atoms with Crippen LogP contribution in [0.5, 0.6) is 0 Å². The summed E-state index contributed by atoms with van der Waals surface area (Å²) >= 11 is 0. The molecule has 10 atom stereocenters. The van der Waals surface area contributed by atoms with Crippen LogP contribution in [-0.4, -0.2) is 35.9 Å². The van der Waals surface area contributed by atoms with E-state index in [0.29, 0.717) is 23.7 Å². The molecular formula is C23H38O5. The molecule has 4 fully saturated rings. The van der Waals surface area contributed by atoms with E-state index in [2.05, 4.69) is 20.8 Å². The summed E-state index contributed by atoms with van der Waals surface area (Å²) in [5.41, 5.74) is 0. The fourth-order valence-electron chi connectivity index (χ4n) is 6.59. The van der Waals surface area contributed by atoms with Crippen LogP contribution in [0.25, 0.3) is 0 Å². The number of hydrogen-bond acceptors (Lipinski definition) is 4. The van der Waals surface area contributed by atoms with Gasteiger partial charge in [-0.1, -0.05) is 26.7 Å². The maximum absolute atomic E-state index is 11.1. The third-order valence-electron chi connectivity index (χ3n) is 8.16. The van der Waals surface area contributed by atoms with Crippen molar-refractivity contribution in [3.63, 3.8) is 0 Å². The minimum Gasteiger partial charge on any atom is -0.481 e. The monoisotopic (exact) mass is 394 g/mol. The van der Waals surface area contributed by atoms with E-state index < -0.39 is 5.97 Å². The Labute approximate surface area is 169 Å². The van der Waals surface area contributed by atoms with E-state index in [4.69, 9.17) is 19.3 Å². The van der Waals surface area contributed by atoms with Gasteiger partial charge in [0.25, 0.3) is 0 Å². The number of carbonyl (C=O) groups is 1. The van der Waals surface area contributed by atoms with Crippen LogP contribution in [0.15, 0.2) is 0 Å². The summed E-state index contributed by atoms with van der Waals surface area (Å²) in [7, 11) is 0. The average Bonchev–Trinajstić information content (AvgIpc) is 2.80. The number of aliphatic carboxylic acids is 1. The van der Waals surface area contributed by atoms with E-state index >= 15 is 0 Å². The SMILES string of the molecule is CC1CC[C@@H]2C3[C@@H](O1)O[C@H](O[C@H]1CCC[C@@H](CC(=O)O)C1)[C@H](C)[C@@H]3CC[C@H]2C. The molecule has 4 rings (SSSR count). The van der Waals surface area contributed by atoms with Crippen molar-refractivity contribution in [2.75, 3.05) is 0 Å². The van der Waals surface area contributed by atoms with Gasteiger partial charge < -0.3 is 19.3 Å². The van der Waals surface area contributed by atoms with Gasteiger partial charge in [-0.25, -0.2) is 0 Å². The molecule has 2 heterocycles. The van der Waals surface area contributed by atoms with Gasteiger partial charge in [0.1, 0.15) is 0 Å². The number of carboxylic acid groups (broad SMARTS) is 1. The molecule has 2 aliphatic heterocycles. The first-order chi connectivity index (χ1) is 13.4. The summed E-state index contributed by atoms with van der Waals surface area (Å²) < 4.78 is 19.4. The molecule has 0 aromatic rings. The van der Waals surface area contributed by atoms with Crippen LogP contribution in [0.2, 0.25) is 0 Å². The zero-order valence-electron chi connectivity index (χ0n) is 17.7. The summed E-state index contributed by atoms with van der Waals surface area (Å²) in [5.74, 6) is 2.46. The van der Waals surface area contributed by atoms with Crippen LogP contribution in [-0.2, 0) is 19.0 Å². The highest BCUT2D eigenvalue weighted by Gasteiger charge is 2.52. The third-order valence-corrected chi connectivity index (χ3v) is 8.16. The highest BCUT2D eigenvalue weighted by molar-refractivity contribution is 5.67. The largest absolute Gasteiger partial charge is 0.481 e. The fourth-order valence-corrected chi connectivity index (χ4v) is 6.59. The van der Waals surface area contributed by atoms with Crippen LogP contribution in [0.3, 0.4) is 0 Å². The maximum Gasteiger partial charge on any atom is 0.303 e. The Bertz CT molecular complexity index is 551. The Hall–Kier alpha value is -0.650. The lowest BCUT2D eigenvalue weighted by Crippen LogP contribution is -2.54. The number of carboxylic acids is 1. The quantitative estimate of drug-likeness (QED) is 0.740. The van der Waals surface area contributed by atoms with Crippen LogP contribution >= 0.6 is 0 Å². The molecule has 0 bridgehead atoms. The molecule has 0 aromatic heterocycles. The molecule has 1 N–H and O–H groups in total. The minimum absolute atomic E-state index is 0.114. The Kier molecular flexibility index (Phi) is 6.34. The Balaban J connectivity index is 1.45. The van der Waals surface area contributed by atoms with Crippen molar-refractivity contribution in [3.8, 4) is 0 Å². The summed E-state index contributed by atoms with van der Waals surface area (Å²) in [5, 5.41) is 9.13. The fraction of sp³-hybridized carbons (Fsp3) is 0.957. The summed E-state index contributed by atoms with van der Waals surface area (Å²) in [6, 6.07) is 0. The van der Waals surface area contributed by atoms with E-state index in [9.17, 15) is 4.79 Å². The molecule has 0 amide bonds. The molecule has 2 aliphatic carbocycles. The highest BCUT2D eigenvalue weighted by atomic mass is 16.8. The molecule has 5 nitrogen and oxygen atoms in total. The highest BCUT2D eigenvalue weighted by Crippen LogP contribution is 2.52. The van der Waals surface area contributed by atoms with Gasteiger partial charge in [-0.05, 0) is 69.1 Å². The second-order valence-electron chi connectivity index (χ2n) is 10.1. The second-order valence-corrected chi connectivity index (χ2v) is 10.1. The summed E-state index contributed by atoms with van der Waals surface area (Å²) in [6.07, 6.45) is 9.07. The Morgan fingerprint density at radius 2 is 1.79 bits per heavy atom. The van der Waals surface area contributed by atoms with E-state index in [1.54, 1.807) is 0 Å². The zero-order chi connectivity index (χ0) is 19.8. The molecule has 160 valence electrons. The van der Waals surface area contributed by atoms with Crippen molar-refractivity contribution in [1.29, 1.82) is 0 Å². The van der Waals surface area contributed by atoms with Gasteiger partial charge in [-0.15, -0.1) is 0 Å². The summed E-state index contributed by atoms with van der Waals surface area (Å²) in [4.78, 5) is 11.1. The first-order valence-corrected chi connectivity index (χ1v) is 11.6. The molecule has 2 saturated carbocycles. The molecule has 2 saturated heterocycles. The Morgan fingerprint density at radius 1 is 1.00 bits per heavy atom. The van der Waals surface area contributed by atoms with Crippen LogP contribution in [0, 0.1) is 35.5 Å². The predicted octanol–water partition coefficient (Wildman–Crippen LogP) is 4.83. The predicted molar refractivity (Wildman–Crippen MR) is 106 cm³/mol. The van der Waals surface area contributed by atoms with E-state index in [1.807, 2.05) is 0 Å². The van der Waals surface area contributed by atoms with Gasteiger partial charge >= 0.3 is 5.97 Å². The van der Waals surface area contributed by atoms with Crippen LogP contribution < -0.4 is 0 Å². The molecule has 2 unspecified atom stereocenters. The van der Waals surface area contributed by atoms with Crippen molar-refractivity contribution >= 4 is 5.97 Å². The zero-order valence-corrected chi connectivity index (χ0v) is 17.7. The molecule has 5 heteroatoms. The normalized spacial score (nSPS) is 49.1. The van der Waals surface area contributed by atoms with E-state index in [-0.39, 0.29) is 37.1 Å². The molecular weight excluding hydrogens is 356 g/mol. The average molecular weight is 395 g/mol. The van der Waals surface area contributed by atoms with Crippen molar-refractivity contribution in [2.24, 2.45) is 35.5 Å². The lowest BCUT2D eigenvalue weighted by Gasteiger charge is -2.52. The second kappa shape index (κ2) is 8.61. The van der Waals surface area contributed by atoms with E-state index in [0.717, 1.165) is 38.0 Å². The van der Waals surface area contributed by atoms with Gasteiger partial charge in [-0.2, -0.15) is 0 Å².